The molecule has 0 amide bonds. The van der Waals surface area contributed by atoms with E-state index >= 15 is 0 Å². The minimum Gasteiger partial charge on any atom is -0.392 e. The van der Waals surface area contributed by atoms with E-state index < -0.39 is 0 Å². The minimum atomic E-state index is -0.177. The molecule has 0 bridgehead atoms. The van der Waals surface area contributed by atoms with Crippen molar-refractivity contribution in [1.82, 2.24) is 9.80 Å². The highest BCUT2D eigenvalue weighted by molar-refractivity contribution is 7.80. The molecular formula is C16H25N3S. The Kier molecular flexibility index (Phi) is 4.78. The van der Waals surface area contributed by atoms with Gasteiger partial charge in [-0.3, -0.25) is 9.80 Å². The lowest BCUT2D eigenvalue weighted by Gasteiger charge is -2.43. The fraction of sp³-hybridized carbons (Fsp3) is 0.562. The molecule has 0 saturated carbocycles. The van der Waals surface area contributed by atoms with Gasteiger partial charge in [0, 0.05) is 32.7 Å². The van der Waals surface area contributed by atoms with Gasteiger partial charge in [-0.25, -0.2) is 0 Å². The number of nitrogens with two attached hydrogens (primary N) is 1. The number of thiocarbonyl (C=S) groups is 1. The molecule has 2 N–H and O–H groups in total. The lowest BCUT2D eigenvalue weighted by molar-refractivity contribution is 0.0820. The highest BCUT2D eigenvalue weighted by atomic mass is 32.1. The maximum absolute atomic E-state index is 5.86. The molecule has 0 spiro atoms. The summed E-state index contributed by atoms with van der Waals surface area (Å²) in [5.41, 5.74) is 8.48. The van der Waals surface area contributed by atoms with E-state index in [1.807, 2.05) is 0 Å². The molecule has 1 saturated heterocycles. The lowest BCUT2D eigenvalue weighted by atomic mass is 10.0. The summed E-state index contributed by atoms with van der Waals surface area (Å²) in [7, 11) is 0. The summed E-state index contributed by atoms with van der Waals surface area (Å²) in [4.78, 5) is 5.49. The van der Waals surface area contributed by atoms with Crippen LogP contribution in [0.5, 0.6) is 0 Å². The van der Waals surface area contributed by atoms with Crippen LogP contribution in [0.1, 0.15) is 25.0 Å². The molecule has 0 aliphatic carbocycles. The molecule has 20 heavy (non-hydrogen) atoms. The van der Waals surface area contributed by atoms with Crippen LogP contribution < -0.4 is 5.73 Å². The van der Waals surface area contributed by atoms with Crippen LogP contribution in [0, 0.1) is 6.92 Å². The second-order valence-electron chi connectivity index (χ2n) is 6.11. The fourth-order valence-corrected chi connectivity index (χ4v) is 2.78. The number of benzene rings is 1. The van der Waals surface area contributed by atoms with Crippen molar-refractivity contribution >= 4 is 17.2 Å². The maximum atomic E-state index is 5.86. The predicted molar refractivity (Wildman–Crippen MR) is 88.9 cm³/mol. The van der Waals surface area contributed by atoms with Crippen LogP contribution in [0.25, 0.3) is 0 Å². The molecule has 1 aromatic rings. The molecule has 1 fully saturated rings. The largest absolute Gasteiger partial charge is 0.392 e. The number of hydrogen-bond acceptors (Lipinski definition) is 3. The Morgan fingerprint density at radius 3 is 2.35 bits per heavy atom. The van der Waals surface area contributed by atoms with Gasteiger partial charge in [0.2, 0.25) is 0 Å². The summed E-state index contributed by atoms with van der Waals surface area (Å²) in [5.74, 6) is 0. The van der Waals surface area contributed by atoms with Gasteiger partial charge in [0.1, 0.15) is 0 Å². The topological polar surface area (TPSA) is 32.5 Å². The first-order chi connectivity index (χ1) is 9.41. The van der Waals surface area contributed by atoms with E-state index in [4.69, 9.17) is 18.0 Å². The van der Waals surface area contributed by atoms with Crippen LogP contribution in [0.3, 0.4) is 0 Å². The van der Waals surface area contributed by atoms with E-state index in [9.17, 15) is 0 Å². The van der Waals surface area contributed by atoms with Crippen LogP contribution in [0.4, 0.5) is 0 Å². The number of hydrogen-bond donors (Lipinski definition) is 1. The predicted octanol–water partition coefficient (Wildman–Crippen LogP) is 2.18. The first kappa shape index (κ1) is 15.4. The Bertz CT molecular complexity index is 476. The second kappa shape index (κ2) is 6.20. The zero-order valence-corrected chi connectivity index (χ0v) is 13.5. The molecule has 0 atom stereocenters. The van der Waals surface area contributed by atoms with Crippen molar-refractivity contribution in [3.63, 3.8) is 0 Å². The SMILES string of the molecule is Cc1ccccc1CN1CCN(C(C)(C)C(N)=S)CC1. The molecule has 1 aromatic carbocycles. The Balaban J connectivity index is 1.92. The van der Waals surface area contributed by atoms with E-state index in [0.29, 0.717) is 4.99 Å². The number of piperazine rings is 1. The quantitative estimate of drug-likeness (QED) is 0.862. The van der Waals surface area contributed by atoms with E-state index in [0.717, 1.165) is 32.7 Å². The van der Waals surface area contributed by atoms with E-state index in [2.05, 4.69) is 54.8 Å². The summed E-state index contributed by atoms with van der Waals surface area (Å²) >= 11 is 5.19. The van der Waals surface area contributed by atoms with Crippen molar-refractivity contribution < 1.29 is 0 Å². The van der Waals surface area contributed by atoms with Crippen LogP contribution in [0.15, 0.2) is 24.3 Å². The summed E-state index contributed by atoms with van der Waals surface area (Å²) in [5, 5.41) is 0. The smallest absolute Gasteiger partial charge is 0.0928 e. The summed E-state index contributed by atoms with van der Waals surface area (Å²) in [6, 6.07) is 8.62. The Morgan fingerprint density at radius 1 is 1.20 bits per heavy atom. The fourth-order valence-electron chi connectivity index (χ4n) is 2.65. The van der Waals surface area contributed by atoms with Gasteiger partial charge in [0.05, 0.1) is 10.5 Å². The van der Waals surface area contributed by atoms with Gasteiger partial charge in [-0.05, 0) is 31.9 Å². The number of aryl methyl sites for hydroxylation is 1. The highest BCUT2D eigenvalue weighted by Gasteiger charge is 2.32. The average molecular weight is 291 g/mol. The first-order valence-electron chi connectivity index (χ1n) is 7.23. The van der Waals surface area contributed by atoms with Crippen molar-refractivity contribution in [2.75, 3.05) is 26.2 Å². The molecule has 2 rings (SSSR count). The highest BCUT2D eigenvalue weighted by Crippen LogP contribution is 2.19. The molecule has 0 aromatic heterocycles. The maximum Gasteiger partial charge on any atom is 0.0928 e. The molecule has 4 heteroatoms. The van der Waals surface area contributed by atoms with Crippen molar-refractivity contribution in [2.24, 2.45) is 5.73 Å². The standard InChI is InChI=1S/C16H25N3S/c1-13-6-4-5-7-14(13)12-18-8-10-19(11-9-18)16(2,3)15(17)20/h4-7H,8-12H2,1-3H3,(H2,17,20). The molecule has 110 valence electrons. The van der Waals surface area contributed by atoms with Crippen molar-refractivity contribution in [3.05, 3.63) is 35.4 Å². The Morgan fingerprint density at radius 2 is 1.80 bits per heavy atom. The average Bonchev–Trinajstić information content (AvgIpc) is 2.42. The van der Waals surface area contributed by atoms with Gasteiger partial charge >= 0.3 is 0 Å². The van der Waals surface area contributed by atoms with Gasteiger partial charge in [0.15, 0.2) is 0 Å². The van der Waals surface area contributed by atoms with Crippen LogP contribution in [-0.2, 0) is 6.54 Å². The Labute approximate surface area is 127 Å². The third-order valence-electron chi connectivity index (χ3n) is 4.42. The zero-order chi connectivity index (χ0) is 14.8. The molecular weight excluding hydrogens is 266 g/mol. The van der Waals surface area contributed by atoms with Crippen LogP contribution >= 0.6 is 12.2 Å². The van der Waals surface area contributed by atoms with Crippen LogP contribution in [0.2, 0.25) is 0 Å². The normalized spacial score (nSPS) is 18.1. The van der Waals surface area contributed by atoms with Gasteiger partial charge in [-0.1, -0.05) is 36.5 Å². The monoisotopic (exact) mass is 291 g/mol. The number of nitrogens with zero attached hydrogens (tertiary/aromatic N) is 2. The van der Waals surface area contributed by atoms with Gasteiger partial charge < -0.3 is 5.73 Å². The van der Waals surface area contributed by atoms with Gasteiger partial charge in [0.25, 0.3) is 0 Å². The first-order valence-corrected chi connectivity index (χ1v) is 7.64. The van der Waals surface area contributed by atoms with Crippen molar-refractivity contribution in [2.45, 2.75) is 32.9 Å². The molecule has 1 aliphatic rings. The molecule has 1 aliphatic heterocycles. The third kappa shape index (κ3) is 3.37. The minimum absolute atomic E-state index is 0.177. The summed E-state index contributed by atoms with van der Waals surface area (Å²) in [6.45, 7) is 11.6. The number of rotatable bonds is 4. The second-order valence-corrected chi connectivity index (χ2v) is 6.55. The molecule has 0 radical (unpaired) electrons. The van der Waals surface area contributed by atoms with E-state index in [-0.39, 0.29) is 5.54 Å². The Hall–Kier alpha value is -0.970. The van der Waals surface area contributed by atoms with Gasteiger partial charge in [-0.15, -0.1) is 0 Å². The molecule has 0 unspecified atom stereocenters. The van der Waals surface area contributed by atoms with E-state index in [1.54, 1.807) is 0 Å². The van der Waals surface area contributed by atoms with Crippen molar-refractivity contribution in [1.29, 1.82) is 0 Å². The third-order valence-corrected chi connectivity index (χ3v) is 4.92. The lowest BCUT2D eigenvalue weighted by Crippen LogP contribution is -2.59. The van der Waals surface area contributed by atoms with Crippen LogP contribution in [-0.4, -0.2) is 46.5 Å². The van der Waals surface area contributed by atoms with Crippen molar-refractivity contribution in [3.8, 4) is 0 Å². The summed E-state index contributed by atoms with van der Waals surface area (Å²) < 4.78 is 0. The van der Waals surface area contributed by atoms with Gasteiger partial charge in [-0.2, -0.15) is 0 Å². The van der Waals surface area contributed by atoms with E-state index in [1.165, 1.54) is 11.1 Å². The molecule has 3 nitrogen and oxygen atoms in total. The molecule has 1 heterocycles. The zero-order valence-electron chi connectivity index (χ0n) is 12.7. The summed E-state index contributed by atoms with van der Waals surface area (Å²) in [6.07, 6.45) is 0.